The van der Waals surface area contributed by atoms with Crippen LogP contribution in [-0.4, -0.2) is 70.8 Å². The normalized spacial score (nSPS) is 22.0. The number of hydrogen-bond donors (Lipinski definition) is 1. The smallest absolute Gasteiger partial charge is 0.271 e. The molecule has 0 spiro atoms. The highest BCUT2D eigenvalue weighted by molar-refractivity contribution is 5.92. The average Bonchev–Trinajstić information content (AvgIpc) is 3.04. The van der Waals surface area contributed by atoms with Gasteiger partial charge in [-0.25, -0.2) is 0 Å². The second-order valence-corrected chi connectivity index (χ2v) is 9.51. The van der Waals surface area contributed by atoms with Crippen molar-refractivity contribution in [1.29, 1.82) is 0 Å². The lowest BCUT2D eigenvalue weighted by atomic mass is 9.84. The molecule has 0 saturated carbocycles. The van der Waals surface area contributed by atoms with E-state index in [1.165, 1.54) is 19.3 Å². The van der Waals surface area contributed by atoms with Gasteiger partial charge in [-0.15, -0.1) is 0 Å². The Labute approximate surface area is 164 Å². The van der Waals surface area contributed by atoms with E-state index in [1.807, 2.05) is 17.7 Å². The fraction of sp³-hybridized carbons (Fsp3) is 0.810. The second-order valence-electron chi connectivity index (χ2n) is 9.51. The number of carbonyl (C=O) groups excluding carboxylic acids is 1. The molecule has 152 valence electrons. The summed E-state index contributed by atoms with van der Waals surface area (Å²) in [5, 5.41) is 7.81. The Morgan fingerprint density at radius 1 is 1.15 bits per heavy atom. The van der Waals surface area contributed by atoms with Gasteiger partial charge in [-0.1, -0.05) is 6.42 Å². The van der Waals surface area contributed by atoms with Crippen LogP contribution in [0.5, 0.6) is 0 Å². The first kappa shape index (κ1) is 20.3. The third-order valence-electron chi connectivity index (χ3n) is 6.28. The Hall–Kier alpha value is -1.40. The molecule has 0 bridgehead atoms. The zero-order valence-corrected chi connectivity index (χ0v) is 17.8. The molecule has 0 radical (unpaired) electrons. The van der Waals surface area contributed by atoms with Crippen molar-refractivity contribution in [2.45, 2.75) is 70.9 Å². The summed E-state index contributed by atoms with van der Waals surface area (Å²) in [6.07, 6.45) is 6.14. The molecule has 1 aromatic heterocycles. The summed E-state index contributed by atoms with van der Waals surface area (Å²) in [5.74, 6) is -0.0450. The minimum atomic E-state index is -0.119. The Morgan fingerprint density at radius 2 is 1.78 bits per heavy atom. The van der Waals surface area contributed by atoms with Crippen molar-refractivity contribution in [1.82, 2.24) is 24.9 Å². The number of rotatable bonds is 4. The van der Waals surface area contributed by atoms with Gasteiger partial charge in [0.25, 0.3) is 5.91 Å². The predicted molar refractivity (Wildman–Crippen MR) is 109 cm³/mol. The van der Waals surface area contributed by atoms with Crippen molar-refractivity contribution < 1.29 is 4.79 Å². The van der Waals surface area contributed by atoms with Gasteiger partial charge in [0.15, 0.2) is 0 Å². The molecule has 1 amide bonds. The number of likely N-dealkylation sites (tertiary alicyclic amines) is 2. The van der Waals surface area contributed by atoms with E-state index in [1.54, 1.807) is 0 Å². The molecule has 2 saturated heterocycles. The average molecular weight is 376 g/mol. The number of carbonyl (C=O) groups is 1. The second kappa shape index (κ2) is 7.92. The van der Waals surface area contributed by atoms with Gasteiger partial charge in [0.2, 0.25) is 0 Å². The summed E-state index contributed by atoms with van der Waals surface area (Å²) in [4.78, 5) is 17.9. The van der Waals surface area contributed by atoms with Gasteiger partial charge < -0.3 is 10.2 Å². The van der Waals surface area contributed by atoms with E-state index < -0.39 is 0 Å². The van der Waals surface area contributed by atoms with Gasteiger partial charge in [-0.3, -0.25) is 14.4 Å². The van der Waals surface area contributed by atoms with Gasteiger partial charge in [-0.05, 0) is 92.7 Å². The van der Waals surface area contributed by atoms with Crippen LogP contribution in [0.25, 0.3) is 0 Å². The molecule has 0 atom stereocenters. The Kier molecular flexibility index (Phi) is 5.96. The summed E-state index contributed by atoms with van der Waals surface area (Å²) in [7, 11) is 2.20. The van der Waals surface area contributed by atoms with Crippen LogP contribution in [-0.2, 0) is 5.54 Å². The van der Waals surface area contributed by atoms with E-state index in [4.69, 9.17) is 0 Å². The van der Waals surface area contributed by atoms with Gasteiger partial charge >= 0.3 is 0 Å². The highest BCUT2D eigenvalue weighted by Gasteiger charge is 2.40. The maximum Gasteiger partial charge on any atom is 0.271 e. The zero-order valence-electron chi connectivity index (χ0n) is 17.8. The number of piperidine rings is 2. The van der Waals surface area contributed by atoms with Crippen molar-refractivity contribution in [2.24, 2.45) is 0 Å². The molecular formula is C21H37N5O. The monoisotopic (exact) mass is 375 g/mol. The molecule has 2 fully saturated rings. The number of nitrogens with zero attached hydrogens (tertiary/aromatic N) is 4. The van der Waals surface area contributed by atoms with Crippen LogP contribution in [0.1, 0.15) is 69.1 Å². The van der Waals surface area contributed by atoms with Crippen LogP contribution in [0.15, 0.2) is 6.07 Å². The van der Waals surface area contributed by atoms with Crippen LogP contribution in [0.4, 0.5) is 0 Å². The number of aromatic nitrogens is 2. The minimum Gasteiger partial charge on any atom is -0.349 e. The summed E-state index contributed by atoms with van der Waals surface area (Å²) in [6, 6.07) is 1.91. The number of nitrogens with one attached hydrogen (secondary N) is 1. The van der Waals surface area contributed by atoms with E-state index in [-0.39, 0.29) is 17.0 Å². The van der Waals surface area contributed by atoms with Crippen molar-refractivity contribution in [3.63, 3.8) is 0 Å². The fourth-order valence-corrected chi connectivity index (χ4v) is 4.61. The van der Waals surface area contributed by atoms with Gasteiger partial charge in [0.05, 0.1) is 5.54 Å². The maximum absolute atomic E-state index is 12.9. The number of amides is 1. The molecule has 1 N–H and O–H groups in total. The van der Waals surface area contributed by atoms with Crippen LogP contribution in [0, 0.1) is 6.92 Å². The Bertz CT molecular complexity index is 646. The van der Waals surface area contributed by atoms with Gasteiger partial charge in [0.1, 0.15) is 5.69 Å². The molecule has 0 aromatic carbocycles. The van der Waals surface area contributed by atoms with E-state index in [0.29, 0.717) is 5.69 Å². The number of aryl methyl sites for hydroxylation is 1. The topological polar surface area (TPSA) is 53.4 Å². The quantitative estimate of drug-likeness (QED) is 0.879. The van der Waals surface area contributed by atoms with Crippen molar-refractivity contribution in [3.05, 3.63) is 17.5 Å². The molecule has 0 unspecified atom stereocenters. The minimum absolute atomic E-state index is 0.0450. The van der Waals surface area contributed by atoms with Crippen LogP contribution in [0.3, 0.4) is 0 Å². The first-order valence-corrected chi connectivity index (χ1v) is 10.5. The zero-order chi connectivity index (χ0) is 19.7. The van der Waals surface area contributed by atoms with Crippen molar-refractivity contribution in [2.75, 3.05) is 39.8 Å². The first-order valence-electron chi connectivity index (χ1n) is 10.5. The third kappa shape index (κ3) is 4.54. The van der Waals surface area contributed by atoms with E-state index in [2.05, 4.69) is 48.0 Å². The first-order chi connectivity index (χ1) is 12.7. The van der Waals surface area contributed by atoms with E-state index in [0.717, 1.165) is 51.3 Å². The van der Waals surface area contributed by atoms with E-state index >= 15 is 0 Å². The summed E-state index contributed by atoms with van der Waals surface area (Å²) in [6.45, 7) is 13.6. The molecule has 6 nitrogen and oxygen atoms in total. The van der Waals surface area contributed by atoms with Crippen molar-refractivity contribution in [3.8, 4) is 0 Å². The fourth-order valence-electron chi connectivity index (χ4n) is 4.61. The lowest BCUT2D eigenvalue weighted by Crippen LogP contribution is -2.61. The molecular weight excluding hydrogens is 338 g/mol. The molecule has 3 heterocycles. The molecule has 3 rings (SSSR count). The highest BCUT2D eigenvalue weighted by Crippen LogP contribution is 2.31. The molecule has 2 aliphatic rings. The molecule has 27 heavy (non-hydrogen) atoms. The largest absolute Gasteiger partial charge is 0.349 e. The standard InChI is InChI=1S/C21H37N5O/c1-17-15-18(23-26(17)20(2,3)4)19(27)22-16-21(9-13-24(5)14-10-21)25-11-7-6-8-12-25/h15H,6-14,16H2,1-5H3,(H,22,27). The summed E-state index contributed by atoms with van der Waals surface area (Å²) in [5.41, 5.74) is 1.54. The molecule has 1 aromatic rings. The molecule has 6 heteroatoms. The lowest BCUT2D eigenvalue weighted by molar-refractivity contribution is 0.0144. The van der Waals surface area contributed by atoms with Gasteiger partial charge in [-0.2, -0.15) is 5.10 Å². The third-order valence-corrected chi connectivity index (χ3v) is 6.28. The Balaban J connectivity index is 1.70. The molecule has 0 aliphatic carbocycles. The van der Waals surface area contributed by atoms with Crippen LogP contribution < -0.4 is 5.32 Å². The maximum atomic E-state index is 12.9. The Morgan fingerprint density at radius 3 is 2.33 bits per heavy atom. The SMILES string of the molecule is Cc1cc(C(=O)NCC2(N3CCCCC3)CCN(C)CC2)nn1C(C)(C)C. The van der Waals surface area contributed by atoms with Crippen LogP contribution >= 0.6 is 0 Å². The number of hydrogen-bond acceptors (Lipinski definition) is 4. The lowest BCUT2D eigenvalue weighted by Gasteiger charge is -2.50. The summed E-state index contributed by atoms with van der Waals surface area (Å²) < 4.78 is 1.94. The van der Waals surface area contributed by atoms with Crippen molar-refractivity contribution >= 4 is 5.91 Å². The summed E-state index contributed by atoms with van der Waals surface area (Å²) >= 11 is 0. The molecule has 2 aliphatic heterocycles. The van der Waals surface area contributed by atoms with Gasteiger partial charge in [0, 0.05) is 17.8 Å². The van der Waals surface area contributed by atoms with Crippen LogP contribution in [0.2, 0.25) is 0 Å². The predicted octanol–water partition coefficient (Wildman–Crippen LogP) is 2.63. The van der Waals surface area contributed by atoms with E-state index in [9.17, 15) is 4.79 Å². The highest BCUT2D eigenvalue weighted by atomic mass is 16.2.